The fourth-order valence-corrected chi connectivity index (χ4v) is 5.18. The topological polar surface area (TPSA) is 78.9 Å². The average molecular weight is 422 g/mol. The van der Waals surface area contributed by atoms with E-state index in [4.69, 9.17) is 18.5 Å². The van der Waals surface area contributed by atoms with Crippen molar-refractivity contribution in [3.8, 4) is 11.5 Å². The number of ether oxygens (including phenoxy) is 2. The number of pyridine rings is 1. The summed E-state index contributed by atoms with van der Waals surface area (Å²) in [4.78, 5) is 4.49. The van der Waals surface area contributed by atoms with Crippen molar-refractivity contribution in [3.05, 3.63) is 47.7 Å². The van der Waals surface area contributed by atoms with Crippen LogP contribution >= 0.6 is 7.60 Å². The molecule has 0 amide bonds. The molecule has 0 saturated carbocycles. The van der Waals surface area contributed by atoms with Crippen molar-refractivity contribution >= 4 is 13.4 Å². The normalized spacial score (nSPS) is 12.9. The summed E-state index contributed by atoms with van der Waals surface area (Å²) >= 11 is 0. The Hall–Kier alpha value is -2.08. The van der Waals surface area contributed by atoms with Crippen LogP contribution in [-0.4, -0.2) is 31.4 Å². The molecule has 1 aromatic heterocycles. The third-order valence-electron chi connectivity index (χ3n) is 3.94. The highest BCUT2D eigenvalue weighted by molar-refractivity contribution is 7.54. The van der Waals surface area contributed by atoms with E-state index in [0.29, 0.717) is 22.9 Å². The number of hydrogen-bond acceptors (Lipinski definition) is 7. The van der Waals surface area contributed by atoms with E-state index in [0.717, 1.165) is 5.69 Å². The maximum absolute atomic E-state index is 14.0. The predicted molar refractivity (Wildman–Crippen MR) is 115 cm³/mol. The Labute approximate surface area is 173 Å². The second-order valence-electron chi connectivity index (χ2n) is 7.17. The summed E-state index contributed by atoms with van der Waals surface area (Å²) in [6, 6.07) is 10.9. The standard InChI is InChI=1S/C21H31N2O5P/c1-14(2)27-29(24,28-15(3)4)21(23-20-10-8-9-16(5)22-20)18-12-11-17(25-6)13-19(18)26-7/h8-15,21H,1-7H3,(H,22,23). The number of benzene rings is 1. The molecule has 29 heavy (non-hydrogen) atoms. The van der Waals surface area contributed by atoms with Gasteiger partial charge in [0.1, 0.15) is 17.3 Å². The zero-order valence-electron chi connectivity index (χ0n) is 18.1. The van der Waals surface area contributed by atoms with Gasteiger partial charge in [-0.1, -0.05) is 6.07 Å². The fourth-order valence-electron chi connectivity index (χ4n) is 2.87. The van der Waals surface area contributed by atoms with Crippen molar-refractivity contribution in [2.45, 2.75) is 52.6 Å². The van der Waals surface area contributed by atoms with Crippen LogP contribution in [0.15, 0.2) is 36.4 Å². The number of methoxy groups -OCH3 is 2. The molecule has 0 radical (unpaired) electrons. The van der Waals surface area contributed by atoms with Crippen LogP contribution in [0.5, 0.6) is 11.5 Å². The highest BCUT2D eigenvalue weighted by atomic mass is 31.2. The van der Waals surface area contributed by atoms with E-state index in [1.54, 1.807) is 32.4 Å². The molecule has 1 heterocycles. The van der Waals surface area contributed by atoms with Crippen LogP contribution in [0.1, 0.15) is 44.7 Å². The molecule has 1 atom stereocenters. The fraction of sp³-hybridized carbons (Fsp3) is 0.476. The second kappa shape index (κ2) is 10.1. The van der Waals surface area contributed by atoms with E-state index in [9.17, 15) is 4.57 Å². The predicted octanol–water partition coefficient (Wildman–Crippen LogP) is 5.56. The molecule has 0 fully saturated rings. The van der Waals surface area contributed by atoms with Crippen LogP contribution < -0.4 is 14.8 Å². The molecule has 160 valence electrons. The first-order chi connectivity index (χ1) is 13.7. The molecule has 0 spiro atoms. The molecule has 2 rings (SSSR count). The van der Waals surface area contributed by atoms with Crippen molar-refractivity contribution in [1.82, 2.24) is 4.98 Å². The van der Waals surface area contributed by atoms with Gasteiger partial charge in [-0.15, -0.1) is 0 Å². The molecular weight excluding hydrogens is 391 g/mol. The Bertz CT molecular complexity index is 843. The third kappa shape index (κ3) is 6.20. The molecule has 0 aliphatic rings. The second-order valence-corrected chi connectivity index (χ2v) is 9.18. The molecule has 2 aromatic rings. The minimum atomic E-state index is -3.68. The quantitative estimate of drug-likeness (QED) is 0.502. The van der Waals surface area contributed by atoms with Gasteiger partial charge in [0, 0.05) is 17.3 Å². The van der Waals surface area contributed by atoms with Crippen LogP contribution in [0.25, 0.3) is 0 Å². The summed E-state index contributed by atoms with van der Waals surface area (Å²) in [6.45, 7) is 9.18. The third-order valence-corrected chi connectivity index (χ3v) is 6.41. The molecule has 1 unspecified atom stereocenters. The number of rotatable bonds is 10. The van der Waals surface area contributed by atoms with Gasteiger partial charge in [0.05, 0.1) is 26.4 Å². The number of anilines is 1. The molecule has 1 aromatic carbocycles. The van der Waals surface area contributed by atoms with E-state index in [1.165, 1.54) is 0 Å². The molecular formula is C21H31N2O5P. The maximum atomic E-state index is 14.0. The number of nitrogens with zero attached hydrogens (tertiary/aromatic N) is 1. The monoisotopic (exact) mass is 422 g/mol. The first-order valence-corrected chi connectivity index (χ1v) is 11.2. The number of aromatic nitrogens is 1. The Morgan fingerprint density at radius 3 is 2.14 bits per heavy atom. The van der Waals surface area contributed by atoms with Crippen molar-refractivity contribution in [2.75, 3.05) is 19.5 Å². The van der Waals surface area contributed by atoms with Gasteiger partial charge in [-0.05, 0) is 58.9 Å². The summed E-state index contributed by atoms with van der Waals surface area (Å²) < 4.78 is 36.6. The molecule has 8 heteroatoms. The van der Waals surface area contributed by atoms with Crippen LogP contribution in [0.2, 0.25) is 0 Å². The minimum absolute atomic E-state index is 0.307. The zero-order valence-corrected chi connectivity index (χ0v) is 19.0. The van der Waals surface area contributed by atoms with Gasteiger partial charge in [-0.2, -0.15) is 0 Å². The van der Waals surface area contributed by atoms with Gasteiger partial charge in [-0.3, -0.25) is 4.57 Å². The lowest BCUT2D eigenvalue weighted by Gasteiger charge is -2.31. The summed E-state index contributed by atoms with van der Waals surface area (Å²) in [7, 11) is -0.548. The molecule has 0 aliphatic heterocycles. The summed E-state index contributed by atoms with van der Waals surface area (Å²) in [6.07, 6.45) is -0.614. The zero-order chi connectivity index (χ0) is 21.6. The van der Waals surface area contributed by atoms with E-state index in [2.05, 4.69) is 10.3 Å². The molecule has 1 N–H and O–H groups in total. The van der Waals surface area contributed by atoms with Gasteiger partial charge in [0.15, 0.2) is 5.78 Å². The molecule has 7 nitrogen and oxygen atoms in total. The number of aryl methyl sites for hydroxylation is 1. The number of hydrogen-bond donors (Lipinski definition) is 1. The smallest absolute Gasteiger partial charge is 0.357 e. The maximum Gasteiger partial charge on any atom is 0.357 e. The SMILES string of the molecule is COc1ccc(C(Nc2cccc(C)n2)P(=O)(OC(C)C)OC(C)C)c(OC)c1. The summed E-state index contributed by atoms with van der Waals surface area (Å²) in [5, 5.41) is 3.25. The van der Waals surface area contributed by atoms with Crippen molar-refractivity contribution in [3.63, 3.8) is 0 Å². The van der Waals surface area contributed by atoms with E-state index < -0.39 is 13.4 Å². The molecule has 0 aliphatic carbocycles. The Morgan fingerprint density at radius 1 is 0.966 bits per heavy atom. The lowest BCUT2D eigenvalue weighted by Crippen LogP contribution is -2.20. The van der Waals surface area contributed by atoms with Gasteiger partial charge >= 0.3 is 7.60 Å². The van der Waals surface area contributed by atoms with Crippen LogP contribution in [0.3, 0.4) is 0 Å². The Kier molecular flexibility index (Phi) is 8.08. The van der Waals surface area contributed by atoms with E-state index in [1.807, 2.05) is 52.8 Å². The molecule has 0 bridgehead atoms. The Morgan fingerprint density at radius 2 is 1.62 bits per heavy atom. The van der Waals surface area contributed by atoms with Crippen LogP contribution in [-0.2, 0) is 13.6 Å². The summed E-state index contributed by atoms with van der Waals surface area (Å²) in [5.74, 6) is 0.868. The highest BCUT2D eigenvalue weighted by Gasteiger charge is 2.41. The first-order valence-electron chi connectivity index (χ1n) is 9.57. The van der Waals surface area contributed by atoms with Gasteiger partial charge in [0.2, 0.25) is 0 Å². The lowest BCUT2D eigenvalue weighted by atomic mass is 10.2. The van der Waals surface area contributed by atoms with E-state index in [-0.39, 0.29) is 12.2 Å². The minimum Gasteiger partial charge on any atom is -0.497 e. The average Bonchev–Trinajstić information content (AvgIpc) is 2.64. The number of nitrogens with one attached hydrogen (secondary N) is 1. The van der Waals surface area contributed by atoms with Crippen LogP contribution in [0, 0.1) is 6.92 Å². The molecule has 0 saturated heterocycles. The van der Waals surface area contributed by atoms with Gasteiger partial charge in [-0.25, -0.2) is 4.98 Å². The summed E-state index contributed by atoms with van der Waals surface area (Å²) in [5.41, 5.74) is 1.46. The van der Waals surface area contributed by atoms with Gasteiger partial charge in [0.25, 0.3) is 0 Å². The first kappa shape index (κ1) is 23.2. The highest BCUT2D eigenvalue weighted by Crippen LogP contribution is 2.63. The van der Waals surface area contributed by atoms with E-state index >= 15 is 0 Å². The van der Waals surface area contributed by atoms with Crippen molar-refractivity contribution < 1.29 is 23.1 Å². The van der Waals surface area contributed by atoms with Crippen molar-refractivity contribution in [1.29, 1.82) is 0 Å². The largest absolute Gasteiger partial charge is 0.497 e. The Balaban J connectivity index is 2.62. The van der Waals surface area contributed by atoms with Gasteiger partial charge < -0.3 is 23.8 Å². The van der Waals surface area contributed by atoms with Crippen LogP contribution in [0.4, 0.5) is 5.82 Å². The lowest BCUT2D eigenvalue weighted by molar-refractivity contribution is 0.137. The van der Waals surface area contributed by atoms with Crippen molar-refractivity contribution in [2.24, 2.45) is 0 Å².